The van der Waals surface area contributed by atoms with Crippen LogP contribution in [-0.2, 0) is 4.79 Å². The summed E-state index contributed by atoms with van der Waals surface area (Å²) in [5, 5.41) is 5.31. The van der Waals surface area contributed by atoms with Crippen molar-refractivity contribution in [3.8, 4) is 11.3 Å². The van der Waals surface area contributed by atoms with Crippen LogP contribution in [0.2, 0.25) is 0 Å². The SMILES string of the molecule is CC(C)c1c(-c2cc(F)c3ncnn3c2)[nH]c2ccc(C3CCN(CC(=O)N(C)C)CC3)cc12. The Balaban J connectivity index is 1.45. The lowest BCUT2D eigenvalue weighted by molar-refractivity contribution is -0.130. The molecule has 1 N–H and O–H groups in total. The number of nitrogens with one attached hydrogen (secondary N) is 1. The predicted octanol–water partition coefficient (Wildman–Crippen LogP) is 4.41. The molecule has 0 unspecified atom stereocenters. The number of halogens is 1. The van der Waals surface area contributed by atoms with Crippen molar-refractivity contribution in [3.63, 3.8) is 0 Å². The van der Waals surface area contributed by atoms with E-state index in [1.807, 2.05) is 6.20 Å². The molecule has 0 atom stereocenters. The summed E-state index contributed by atoms with van der Waals surface area (Å²) < 4.78 is 16.1. The predicted molar refractivity (Wildman–Crippen MR) is 131 cm³/mol. The van der Waals surface area contributed by atoms with E-state index in [9.17, 15) is 9.18 Å². The van der Waals surface area contributed by atoms with Crippen LogP contribution in [0.4, 0.5) is 4.39 Å². The lowest BCUT2D eigenvalue weighted by Crippen LogP contribution is -2.40. The van der Waals surface area contributed by atoms with Crippen LogP contribution in [0.5, 0.6) is 0 Å². The highest BCUT2D eigenvalue weighted by Crippen LogP contribution is 2.38. The minimum atomic E-state index is -0.386. The van der Waals surface area contributed by atoms with E-state index in [-0.39, 0.29) is 23.3 Å². The zero-order valence-corrected chi connectivity index (χ0v) is 20.2. The molecule has 7 nitrogen and oxygen atoms in total. The Kier molecular flexibility index (Phi) is 5.85. The van der Waals surface area contributed by atoms with Crippen molar-refractivity contribution in [1.29, 1.82) is 0 Å². The van der Waals surface area contributed by atoms with E-state index in [2.05, 4.69) is 52.0 Å². The van der Waals surface area contributed by atoms with Crippen LogP contribution in [0, 0.1) is 5.82 Å². The number of carbonyl (C=O) groups excluding carboxylic acids is 1. The first-order valence-electron chi connectivity index (χ1n) is 11.9. The van der Waals surface area contributed by atoms with Gasteiger partial charge >= 0.3 is 0 Å². The highest BCUT2D eigenvalue weighted by molar-refractivity contribution is 5.92. The van der Waals surface area contributed by atoms with Gasteiger partial charge < -0.3 is 9.88 Å². The zero-order valence-electron chi connectivity index (χ0n) is 20.2. The summed E-state index contributed by atoms with van der Waals surface area (Å²) in [5.41, 5.74) is 5.48. The van der Waals surface area contributed by atoms with E-state index in [1.165, 1.54) is 33.4 Å². The monoisotopic (exact) mass is 462 g/mol. The molecule has 0 aliphatic carbocycles. The molecular formula is C26H31FN6O. The van der Waals surface area contributed by atoms with Crippen molar-refractivity contribution in [3.05, 3.63) is 53.7 Å². The van der Waals surface area contributed by atoms with Gasteiger partial charge in [-0.3, -0.25) is 9.69 Å². The second-order valence-electron chi connectivity index (χ2n) is 9.82. The van der Waals surface area contributed by atoms with E-state index in [0.29, 0.717) is 12.5 Å². The number of H-pyrrole nitrogens is 1. The minimum Gasteiger partial charge on any atom is -0.354 e. The summed E-state index contributed by atoms with van der Waals surface area (Å²) >= 11 is 0. The van der Waals surface area contributed by atoms with Gasteiger partial charge in [0.15, 0.2) is 11.5 Å². The van der Waals surface area contributed by atoms with E-state index >= 15 is 0 Å². The van der Waals surface area contributed by atoms with Crippen LogP contribution in [0.3, 0.4) is 0 Å². The molecule has 0 saturated carbocycles. The van der Waals surface area contributed by atoms with E-state index in [4.69, 9.17) is 0 Å². The third kappa shape index (κ3) is 4.07. The van der Waals surface area contributed by atoms with Crippen LogP contribution in [-0.4, -0.2) is 69.0 Å². The molecule has 0 radical (unpaired) electrons. The largest absolute Gasteiger partial charge is 0.354 e. The van der Waals surface area contributed by atoms with Gasteiger partial charge in [0.1, 0.15) is 6.33 Å². The highest BCUT2D eigenvalue weighted by atomic mass is 19.1. The molecule has 0 bridgehead atoms. The van der Waals surface area contributed by atoms with Crippen molar-refractivity contribution >= 4 is 22.5 Å². The standard InChI is InChI=1S/C26H31FN6O/c1-16(2)24-20-11-18(17-7-9-32(10-8-17)14-23(34)31(3)4)5-6-22(20)30-25(24)19-12-21(27)26-28-15-29-33(26)13-19/h5-6,11-13,15-17,30H,7-10,14H2,1-4H3. The minimum absolute atomic E-state index is 0.154. The summed E-state index contributed by atoms with van der Waals surface area (Å²) in [6.07, 6.45) is 5.27. The van der Waals surface area contributed by atoms with Gasteiger partial charge in [-0.2, -0.15) is 5.10 Å². The van der Waals surface area contributed by atoms with Gasteiger partial charge in [0.25, 0.3) is 0 Å². The Hall–Kier alpha value is -3.26. The van der Waals surface area contributed by atoms with Crippen LogP contribution >= 0.6 is 0 Å². The van der Waals surface area contributed by atoms with Gasteiger partial charge in [-0.15, -0.1) is 0 Å². The maximum absolute atomic E-state index is 14.7. The Morgan fingerprint density at radius 2 is 2.00 bits per heavy atom. The lowest BCUT2D eigenvalue weighted by Gasteiger charge is -2.32. The molecular weight excluding hydrogens is 431 g/mol. The number of carbonyl (C=O) groups is 1. The van der Waals surface area contributed by atoms with E-state index in [1.54, 1.807) is 19.0 Å². The number of aromatic amines is 1. The third-order valence-electron chi connectivity index (χ3n) is 6.98. The van der Waals surface area contributed by atoms with Crippen LogP contribution < -0.4 is 0 Å². The van der Waals surface area contributed by atoms with E-state index < -0.39 is 0 Å². The Morgan fingerprint density at radius 3 is 2.71 bits per heavy atom. The lowest BCUT2D eigenvalue weighted by atomic mass is 9.87. The molecule has 178 valence electrons. The first kappa shape index (κ1) is 22.5. The second-order valence-corrected chi connectivity index (χ2v) is 9.82. The Morgan fingerprint density at radius 1 is 1.24 bits per heavy atom. The first-order chi connectivity index (χ1) is 16.3. The summed E-state index contributed by atoms with van der Waals surface area (Å²) in [6, 6.07) is 8.19. The Bertz CT molecular complexity index is 1350. The normalized spacial score (nSPS) is 15.6. The number of piperidine rings is 1. The average molecular weight is 463 g/mol. The number of benzene rings is 1. The van der Waals surface area contributed by atoms with Gasteiger partial charge in [-0.1, -0.05) is 19.9 Å². The maximum atomic E-state index is 14.7. The quantitative estimate of drug-likeness (QED) is 0.477. The van der Waals surface area contributed by atoms with Crippen LogP contribution in [0.15, 0.2) is 36.8 Å². The van der Waals surface area contributed by atoms with Crippen molar-refractivity contribution in [2.75, 3.05) is 33.7 Å². The molecule has 0 spiro atoms. The molecule has 1 fully saturated rings. The zero-order chi connectivity index (χ0) is 24.0. The summed E-state index contributed by atoms with van der Waals surface area (Å²) in [6.45, 7) is 6.68. The number of aromatic nitrogens is 4. The molecule has 4 heterocycles. The number of hydrogen-bond acceptors (Lipinski definition) is 4. The fraction of sp³-hybridized carbons (Fsp3) is 0.423. The van der Waals surface area contributed by atoms with Crippen molar-refractivity contribution in [2.24, 2.45) is 0 Å². The van der Waals surface area contributed by atoms with Gasteiger partial charge in [-0.25, -0.2) is 13.9 Å². The van der Waals surface area contributed by atoms with Gasteiger partial charge in [-0.05, 0) is 67.1 Å². The smallest absolute Gasteiger partial charge is 0.236 e. The van der Waals surface area contributed by atoms with Gasteiger partial charge in [0, 0.05) is 36.8 Å². The molecule has 34 heavy (non-hydrogen) atoms. The number of hydrogen-bond donors (Lipinski definition) is 1. The number of likely N-dealkylation sites (tertiary alicyclic amines) is 1. The van der Waals surface area contributed by atoms with Crippen molar-refractivity contribution in [2.45, 2.75) is 38.5 Å². The first-order valence-corrected chi connectivity index (χ1v) is 11.9. The topological polar surface area (TPSA) is 69.5 Å². The second kappa shape index (κ2) is 8.83. The number of likely N-dealkylation sites (N-methyl/N-ethyl adjacent to an activating group) is 1. The molecule has 3 aromatic heterocycles. The number of fused-ring (bicyclic) bond motifs is 2. The molecule has 1 saturated heterocycles. The number of amides is 1. The van der Waals surface area contributed by atoms with Crippen LogP contribution in [0.25, 0.3) is 27.8 Å². The number of pyridine rings is 1. The van der Waals surface area contributed by atoms with Gasteiger partial charge in [0.2, 0.25) is 5.91 Å². The average Bonchev–Trinajstić information content (AvgIpc) is 3.44. The molecule has 5 rings (SSSR count). The van der Waals surface area contributed by atoms with E-state index in [0.717, 1.165) is 42.7 Å². The number of nitrogens with zero attached hydrogens (tertiary/aromatic N) is 5. The van der Waals surface area contributed by atoms with Gasteiger partial charge in [0.05, 0.1) is 12.2 Å². The summed E-state index contributed by atoms with van der Waals surface area (Å²) in [4.78, 5) is 23.5. The fourth-order valence-electron chi connectivity index (χ4n) is 5.09. The van der Waals surface area contributed by atoms with Crippen molar-refractivity contribution < 1.29 is 9.18 Å². The molecule has 1 aromatic carbocycles. The molecule has 1 aliphatic heterocycles. The summed E-state index contributed by atoms with van der Waals surface area (Å²) in [5.74, 6) is 0.496. The molecule has 8 heteroatoms. The molecule has 1 aliphatic rings. The highest BCUT2D eigenvalue weighted by Gasteiger charge is 2.24. The number of rotatable bonds is 5. The fourth-order valence-corrected chi connectivity index (χ4v) is 5.09. The molecule has 4 aromatic rings. The Labute approximate surface area is 198 Å². The summed E-state index contributed by atoms with van der Waals surface area (Å²) in [7, 11) is 3.61. The maximum Gasteiger partial charge on any atom is 0.236 e. The van der Waals surface area contributed by atoms with Crippen LogP contribution in [0.1, 0.15) is 49.7 Å². The third-order valence-corrected chi connectivity index (χ3v) is 6.98. The van der Waals surface area contributed by atoms with Crippen molar-refractivity contribution in [1.82, 2.24) is 29.4 Å². The molecule has 1 amide bonds.